The monoisotopic (exact) mass is 327 g/mol. The van der Waals surface area contributed by atoms with E-state index in [1.807, 2.05) is 6.07 Å². The number of aromatic amines is 1. The molecule has 2 aliphatic rings. The van der Waals surface area contributed by atoms with Gasteiger partial charge in [0.05, 0.1) is 6.04 Å². The zero-order valence-corrected chi connectivity index (χ0v) is 13.0. The number of H-pyrrole nitrogens is 1. The third-order valence-corrected chi connectivity index (χ3v) is 5.06. The highest BCUT2D eigenvalue weighted by atomic mass is 19.1. The van der Waals surface area contributed by atoms with Crippen molar-refractivity contribution in [3.63, 3.8) is 0 Å². The zero-order chi connectivity index (χ0) is 16.7. The number of amides is 1. The fraction of sp³-hybridized carbons (Fsp3) is 0.333. The first-order chi connectivity index (χ1) is 11.6. The van der Waals surface area contributed by atoms with E-state index in [4.69, 9.17) is 0 Å². The van der Waals surface area contributed by atoms with Crippen molar-refractivity contribution in [3.05, 3.63) is 69.9 Å². The topological polar surface area (TPSA) is 65.2 Å². The second-order valence-electron chi connectivity index (χ2n) is 6.45. The van der Waals surface area contributed by atoms with Gasteiger partial charge in [0.25, 0.3) is 11.5 Å². The predicted octanol–water partition coefficient (Wildman–Crippen LogP) is 1.55. The van der Waals surface area contributed by atoms with Gasteiger partial charge in [-0.25, -0.2) is 4.39 Å². The van der Waals surface area contributed by atoms with E-state index in [0.29, 0.717) is 12.5 Å². The quantitative estimate of drug-likeness (QED) is 0.879. The summed E-state index contributed by atoms with van der Waals surface area (Å²) in [6.07, 6.45) is 1.51. The predicted molar refractivity (Wildman–Crippen MR) is 87.1 cm³/mol. The Morgan fingerprint density at radius 2 is 2.08 bits per heavy atom. The van der Waals surface area contributed by atoms with Gasteiger partial charge in [-0.3, -0.25) is 9.59 Å². The first-order valence-electron chi connectivity index (χ1n) is 8.10. The minimum Gasteiger partial charge on any atom is -0.331 e. The van der Waals surface area contributed by atoms with E-state index in [0.717, 1.165) is 18.7 Å². The number of hydrogen-bond acceptors (Lipinski definition) is 3. The Kier molecular flexibility index (Phi) is 3.69. The maximum absolute atomic E-state index is 13.7. The SMILES string of the molecule is O=C(c1ccc[nH]c1=O)N1C[C@@H]2CNC[C@@H]2[C@H]1c1cccc(F)c1. The van der Waals surface area contributed by atoms with Gasteiger partial charge in [0.2, 0.25) is 0 Å². The number of hydrogen-bond donors (Lipinski definition) is 2. The van der Waals surface area contributed by atoms with Gasteiger partial charge in [-0.2, -0.15) is 0 Å². The van der Waals surface area contributed by atoms with Crippen molar-refractivity contribution in [2.45, 2.75) is 6.04 Å². The fourth-order valence-corrected chi connectivity index (χ4v) is 3.99. The molecule has 2 aliphatic heterocycles. The Bertz CT molecular complexity index is 835. The first-order valence-corrected chi connectivity index (χ1v) is 8.10. The summed E-state index contributed by atoms with van der Waals surface area (Å²) in [5, 5.41) is 3.35. The van der Waals surface area contributed by atoms with E-state index in [2.05, 4.69) is 10.3 Å². The minimum absolute atomic E-state index is 0.131. The Morgan fingerprint density at radius 3 is 2.88 bits per heavy atom. The summed E-state index contributed by atoms with van der Waals surface area (Å²) < 4.78 is 13.7. The van der Waals surface area contributed by atoms with E-state index in [1.54, 1.807) is 17.0 Å². The number of nitrogens with one attached hydrogen (secondary N) is 2. The number of pyridine rings is 1. The van der Waals surface area contributed by atoms with Crippen molar-refractivity contribution < 1.29 is 9.18 Å². The number of benzene rings is 1. The lowest BCUT2D eigenvalue weighted by molar-refractivity contribution is 0.0712. The molecule has 124 valence electrons. The Hall–Kier alpha value is -2.47. The molecule has 2 fully saturated rings. The number of aromatic nitrogens is 1. The maximum atomic E-state index is 13.7. The van der Waals surface area contributed by atoms with Gasteiger partial charge in [0, 0.05) is 31.7 Å². The summed E-state index contributed by atoms with van der Waals surface area (Å²) in [4.78, 5) is 29.2. The smallest absolute Gasteiger partial charge is 0.260 e. The van der Waals surface area contributed by atoms with Crippen LogP contribution in [0.25, 0.3) is 0 Å². The van der Waals surface area contributed by atoms with Crippen LogP contribution in [0.3, 0.4) is 0 Å². The molecule has 1 aromatic carbocycles. The van der Waals surface area contributed by atoms with Crippen LogP contribution in [0.2, 0.25) is 0 Å². The summed E-state index contributed by atoms with van der Waals surface area (Å²) in [7, 11) is 0. The van der Waals surface area contributed by atoms with E-state index >= 15 is 0 Å². The van der Waals surface area contributed by atoms with Crippen LogP contribution in [0.5, 0.6) is 0 Å². The Morgan fingerprint density at radius 1 is 1.21 bits per heavy atom. The van der Waals surface area contributed by atoms with Crippen molar-refractivity contribution >= 4 is 5.91 Å². The van der Waals surface area contributed by atoms with Gasteiger partial charge in [-0.15, -0.1) is 0 Å². The molecule has 3 atom stereocenters. The number of halogens is 1. The molecule has 1 aromatic heterocycles. The number of nitrogens with zero attached hydrogens (tertiary/aromatic N) is 1. The normalized spacial score (nSPS) is 25.7. The molecule has 2 aromatic rings. The number of likely N-dealkylation sites (tertiary alicyclic amines) is 1. The summed E-state index contributed by atoms with van der Waals surface area (Å²) >= 11 is 0. The molecule has 0 saturated carbocycles. The molecule has 6 heteroatoms. The van der Waals surface area contributed by atoms with E-state index in [1.165, 1.54) is 24.4 Å². The molecule has 2 N–H and O–H groups in total. The van der Waals surface area contributed by atoms with Gasteiger partial charge in [0.1, 0.15) is 11.4 Å². The van der Waals surface area contributed by atoms with Gasteiger partial charge in [-0.05, 0) is 35.7 Å². The van der Waals surface area contributed by atoms with Crippen LogP contribution >= 0.6 is 0 Å². The molecule has 0 bridgehead atoms. The zero-order valence-electron chi connectivity index (χ0n) is 13.0. The van der Waals surface area contributed by atoms with Crippen molar-refractivity contribution in [3.8, 4) is 0 Å². The van der Waals surface area contributed by atoms with Crippen LogP contribution in [0.1, 0.15) is 22.0 Å². The van der Waals surface area contributed by atoms with Crippen LogP contribution in [0.4, 0.5) is 4.39 Å². The Labute approximate surface area is 138 Å². The molecule has 24 heavy (non-hydrogen) atoms. The van der Waals surface area contributed by atoms with Crippen molar-refractivity contribution in [1.82, 2.24) is 15.2 Å². The summed E-state index contributed by atoms with van der Waals surface area (Å²) in [5.41, 5.74) is 0.523. The second kappa shape index (κ2) is 5.87. The third-order valence-electron chi connectivity index (χ3n) is 5.06. The average molecular weight is 327 g/mol. The highest BCUT2D eigenvalue weighted by Gasteiger charge is 2.47. The molecule has 0 unspecified atom stereocenters. The van der Waals surface area contributed by atoms with Crippen molar-refractivity contribution in [2.24, 2.45) is 11.8 Å². The standard InChI is InChI=1S/C18H18FN3O2/c19-13-4-1-3-11(7-13)16-15-9-20-8-12(15)10-22(16)18(24)14-5-2-6-21-17(14)23/h1-7,12,15-16,20H,8-10H2,(H,21,23)/t12-,15-,16+/m0/s1. The summed E-state index contributed by atoms with van der Waals surface area (Å²) in [5.74, 6) is -0.0454. The molecule has 2 saturated heterocycles. The number of carbonyl (C=O) groups is 1. The van der Waals surface area contributed by atoms with Crippen LogP contribution < -0.4 is 10.9 Å². The van der Waals surface area contributed by atoms with Crippen molar-refractivity contribution in [1.29, 1.82) is 0 Å². The molecular formula is C18H18FN3O2. The lowest BCUT2D eigenvalue weighted by atomic mass is 9.89. The second-order valence-corrected chi connectivity index (χ2v) is 6.45. The molecule has 4 rings (SSSR count). The van der Waals surface area contributed by atoms with E-state index < -0.39 is 5.56 Å². The molecule has 1 amide bonds. The average Bonchev–Trinajstić information content (AvgIpc) is 3.15. The minimum atomic E-state index is -0.393. The van der Waals surface area contributed by atoms with Crippen LogP contribution in [-0.4, -0.2) is 35.4 Å². The molecule has 0 aliphatic carbocycles. The Balaban J connectivity index is 1.74. The third kappa shape index (κ3) is 2.43. The van der Waals surface area contributed by atoms with Gasteiger partial charge < -0.3 is 15.2 Å². The number of rotatable bonds is 2. The van der Waals surface area contributed by atoms with Gasteiger partial charge in [0.15, 0.2) is 0 Å². The van der Waals surface area contributed by atoms with Crippen LogP contribution in [0.15, 0.2) is 47.4 Å². The lowest BCUT2D eigenvalue weighted by Gasteiger charge is -2.28. The molecular weight excluding hydrogens is 309 g/mol. The maximum Gasteiger partial charge on any atom is 0.260 e. The molecule has 5 nitrogen and oxygen atoms in total. The van der Waals surface area contributed by atoms with Crippen molar-refractivity contribution in [2.75, 3.05) is 19.6 Å². The fourth-order valence-electron chi connectivity index (χ4n) is 3.99. The van der Waals surface area contributed by atoms with Gasteiger partial charge >= 0.3 is 0 Å². The van der Waals surface area contributed by atoms with Crippen LogP contribution in [0, 0.1) is 17.7 Å². The highest BCUT2D eigenvalue weighted by molar-refractivity contribution is 5.94. The number of carbonyl (C=O) groups excluding carboxylic acids is 1. The lowest BCUT2D eigenvalue weighted by Crippen LogP contribution is -2.37. The van der Waals surface area contributed by atoms with Gasteiger partial charge in [-0.1, -0.05) is 12.1 Å². The first kappa shape index (κ1) is 15.1. The van der Waals surface area contributed by atoms with Crippen LogP contribution in [-0.2, 0) is 0 Å². The summed E-state index contributed by atoms with van der Waals surface area (Å²) in [6.45, 7) is 2.21. The summed E-state index contributed by atoms with van der Waals surface area (Å²) in [6, 6.07) is 9.37. The largest absolute Gasteiger partial charge is 0.331 e. The number of fused-ring (bicyclic) bond motifs is 1. The highest BCUT2D eigenvalue weighted by Crippen LogP contribution is 2.43. The molecule has 3 heterocycles. The molecule has 0 radical (unpaired) electrons. The molecule has 0 spiro atoms. The van der Waals surface area contributed by atoms with E-state index in [9.17, 15) is 14.0 Å². The van der Waals surface area contributed by atoms with E-state index in [-0.39, 0.29) is 29.2 Å².